The van der Waals surface area contributed by atoms with Crippen LogP contribution in [0.5, 0.6) is 0 Å². The maximum absolute atomic E-state index is 12.3. The number of likely N-dealkylation sites (N-methyl/N-ethyl adjacent to an activating group) is 1. The van der Waals surface area contributed by atoms with Gasteiger partial charge in [0.05, 0.1) is 6.04 Å². The third-order valence-corrected chi connectivity index (χ3v) is 3.89. The first-order valence-electron chi connectivity index (χ1n) is 6.86. The average Bonchev–Trinajstić information content (AvgIpc) is 2.42. The number of piperazine rings is 1. The lowest BCUT2D eigenvalue weighted by Gasteiger charge is -2.38. The van der Waals surface area contributed by atoms with E-state index in [0.717, 1.165) is 25.2 Å². The second-order valence-corrected chi connectivity index (χ2v) is 5.41. The van der Waals surface area contributed by atoms with Crippen molar-refractivity contribution in [1.82, 2.24) is 9.80 Å². The molecule has 19 heavy (non-hydrogen) atoms. The van der Waals surface area contributed by atoms with Crippen LogP contribution < -0.4 is 5.73 Å². The Kier molecular flexibility index (Phi) is 4.56. The fourth-order valence-electron chi connectivity index (χ4n) is 2.44. The SMILES string of the molecule is CC1CN(C(=O)[C@@H](N)Cc2ccccc2)CCN1C. The molecule has 0 radical (unpaired) electrons. The lowest BCUT2D eigenvalue weighted by molar-refractivity contribution is -0.135. The number of nitrogens with zero attached hydrogens (tertiary/aromatic N) is 2. The van der Waals surface area contributed by atoms with E-state index in [1.807, 2.05) is 35.2 Å². The van der Waals surface area contributed by atoms with E-state index in [4.69, 9.17) is 5.73 Å². The molecule has 1 unspecified atom stereocenters. The molecule has 1 aromatic rings. The van der Waals surface area contributed by atoms with Crippen molar-refractivity contribution in [3.63, 3.8) is 0 Å². The van der Waals surface area contributed by atoms with E-state index < -0.39 is 6.04 Å². The third-order valence-electron chi connectivity index (χ3n) is 3.89. The zero-order valence-electron chi connectivity index (χ0n) is 11.7. The number of carbonyl (C=O) groups is 1. The molecule has 2 rings (SSSR count). The van der Waals surface area contributed by atoms with Crippen molar-refractivity contribution in [2.75, 3.05) is 26.7 Å². The molecule has 104 valence electrons. The number of benzene rings is 1. The summed E-state index contributed by atoms with van der Waals surface area (Å²) in [5.41, 5.74) is 7.17. The average molecular weight is 261 g/mol. The summed E-state index contributed by atoms with van der Waals surface area (Å²) >= 11 is 0. The molecule has 1 fully saturated rings. The summed E-state index contributed by atoms with van der Waals surface area (Å²) < 4.78 is 0. The van der Waals surface area contributed by atoms with Crippen molar-refractivity contribution in [1.29, 1.82) is 0 Å². The number of carbonyl (C=O) groups excluding carboxylic acids is 1. The summed E-state index contributed by atoms with van der Waals surface area (Å²) in [6.07, 6.45) is 0.612. The highest BCUT2D eigenvalue weighted by Gasteiger charge is 2.27. The second kappa shape index (κ2) is 6.17. The van der Waals surface area contributed by atoms with Crippen molar-refractivity contribution < 1.29 is 4.79 Å². The van der Waals surface area contributed by atoms with Crippen LogP contribution in [0.2, 0.25) is 0 Å². The Balaban J connectivity index is 1.92. The maximum Gasteiger partial charge on any atom is 0.239 e. The molecule has 0 bridgehead atoms. The Morgan fingerprint density at radius 3 is 2.68 bits per heavy atom. The summed E-state index contributed by atoms with van der Waals surface area (Å²) in [4.78, 5) is 16.5. The number of hydrogen-bond acceptors (Lipinski definition) is 3. The molecular weight excluding hydrogens is 238 g/mol. The minimum atomic E-state index is -0.432. The van der Waals surface area contributed by atoms with E-state index in [2.05, 4.69) is 18.9 Å². The van der Waals surface area contributed by atoms with E-state index in [1.54, 1.807) is 0 Å². The normalized spacial score (nSPS) is 22.3. The van der Waals surface area contributed by atoms with Gasteiger partial charge in [0, 0.05) is 25.7 Å². The highest BCUT2D eigenvalue weighted by Crippen LogP contribution is 2.10. The van der Waals surface area contributed by atoms with Crippen molar-refractivity contribution >= 4 is 5.91 Å². The van der Waals surface area contributed by atoms with Gasteiger partial charge in [0.15, 0.2) is 0 Å². The van der Waals surface area contributed by atoms with Crippen LogP contribution >= 0.6 is 0 Å². The maximum atomic E-state index is 12.3. The van der Waals surface area contributed by atoms with E-state index in [1.165, 1.54) is 0 Å². The minimum Gasteiger partial charge on any atom is -0.338 e. The van der Waals surface area contributed by atoms with E-state index in [0.29, 0.717) is 12.5 Å². The zero-order chi connectivity index (χ0) is 13.8. The molecular formula is C15H23N3O. The Morgan fingerprint density at radius 2 is 2.05 bits per heavy atom. The molecule has 2 atom stereocenters. The van der Waals surface area contributed by atoms with Crippen LogP contribution in [0.25, 0.3) is 0 Å². The van der Waals surface area contributed by atoms with Gasteiger partial charge in [-0.15, -0.1) is 0 Å². The largest absolute Gasteiger partial charge is 0.338 e. The summed E-state index contributed by atoms with van der Waals surface area (Å²) in [6.45, 7) is 4.62. The third kappa shape index (κ3) is 3.55. The van der Waals surface area contributed by atoms with Crippen molar-refractivity contribution in [3.05, 3.63) is 35.9 Å². The van der Waals surface area contributed by atoms with E-state index in [9.17, 15) is 4.79 Å². The number of rotatable bonds is 3. The fraction of sp³-hybridized carbons (Fsp3) is 0.533. The second-order valence-electron chi connectivity index (χ2n) is 5.41. The Bertz CT molecular complexity index is 421. The van der Waals surface area contributed by atoms with E-state index >= 15 is 0 Å². The molecule has 1 aliphatic heterocycles. The van der Waals surface area contributed by atoms with Gasteiger partial charge in [0.25, 0.3) is 0 Å². The van der Waals surface area contributed by atoms with Gasteiger partial charge in [-0.25, -0.2) is 0 Å². The number of hydrogen-bond donors (Lipinski definition) is 1. The van der Waals surface area contributed by atoms with Crippen LogP contribution in [0.4, 0.5) is 0 Å². The quantitative estimate of drug-likeness (QED) is 0.872. The Labute approximate surface area is 115 Å². The number of nitrogens with two attached hydrogens (primary N) is 1. The smallest absolute Gasteiger partial charge is 0.239 e. The topological polar surface area (TPSA) is 49.6 Å². The lowest BCUT2D eigenvalue weighted by Crippen LogP contribution is -2.56. The molecule has 1 amide bonds. The molecule has 1 saturated heterocycles. The predicted molar refractivity (Wildman–Crippen MR) is 76.8 cm³/mol. The van der Waals surface area contributed by atoms with Crippen LogP contribution in [0.1, 0.15) is 12.5 Å². The van der Waals surface area contributed by atoms with Crippen LogP contribution in [-0.4, -0.2) is 54.5 Å². The minimum absolute atomic E-state index is 0.0730. The highest BCUT2D eigenvalue weighted by molar-refractivity contribution is 5.82. The highest BCUT2D eigenvalue weighted by atomic mass is 16.2. The first-order chi connectivity index (χ1) is 9.08. The summed E-state index contributed by atoms with van der Waals surface area (Å²) in [5.74, 6) is 0.0730. The molecule has 0 aliphatic carbocycles. The van der Waals surface area contributed by atoms with Gasteiger partial charge in [-0.05, 0) is 26.0 Å². The van der Waals surface area contributed by atoms with E-state index in [-0.39, 0.29) is 5.91 Å². The molecule has 0 aromatic heterocycles. The molecule has 1 heterocycles. The summed E-state index contributed by atoms with van der Waals surface area (Å²) in [7, 11) is 2.09. The first kappa shape index (κ1) is 14.0. The standard InChI is InChI=1S/C15H23N3O/c1-12-11-18(9-8-17(12)2)15(19)14(16)10-13-6-4-3-5-7-13/h3-7,12,14H,8-11,16H2,1-2H3/t12?,14-/m0/s1. The Morgan fingerprint density at radius 1 is 1.37 bits per heavy atom. The number of amides is 1. The van der Waals surface area contributed by atoms with Gasteiger partial charge in [-0.1, -0.05) is 30.3 Å². The van der Waals surface area contributed by atoms with Crippen LogP contribution in [0.3, 0.4) is 0 Å². The van der Waals surface area contributed by atoms with Crippen molar-refractivity contribution in [2.45, 2.75) is 25.4 Å². The molecule has 0 saturated carbocycles. The molecule has 1 aromatic carbocycles. The first-order valence-corrected chi connectivity index (χ1v) is 6.86. The zero-order valence-corrected chi connectivity index (χ0v) is 11.7. The van der Waals surface area contributed by atoms with Crippen LogP contribution in [-0.2, 0) is 11.2 Å². The predicted octanol–water partition coefficient (Wildman–Crippen LogP) is 0.719. The molecule has 2 N–H and O–H groups in total. The van der Waals surface area contributed by atoms with Gasteiger partial charge in [-0.3, -0.25) is 4.79 Å². The van der Waals surface area contributed by atoms with Gasteiger partial charge < -0.3 is 15.5 Å². The van der Waals surface area contributed by atoms with Gasteiger partial charge in [0.2, 0.25) is 5.91 Å². The van der Waals surface area contributed by atoms with Crippen molar-refractivity contribution in [2.24, 2.45) is 5.73 Å². The van der Waals surface area contributed by atoms with Crippen LogP contribution in [0.15, 0.2) is 30.3 Å². The summed E-state index contributed by atoms with van der Waals surface area (Å²) in [5, 5.41) is 0. The van der Waals surface area contributed by atoms with Gasteiger partial charge >= 0.3 is 0 Å². The molecule has 0 spiro atoms. The summed E-state index contributed by atoms with van der Waals surface area (Å²) in [6, 6.07) is 9.92. The fourth-order valence-corrected chi connectivity index (χ4v) is 2.44. The molecule has 4 heteroatoms. The Hall–Kier alpha value is -1.39. The van der Waals surface area contributed by atoms with Crippen LogP contribution in [0, 0.1) is 0 Å². The monoisotopic (exact) mass is 261 g/mol. The van der Waals surface area contributed by atoms with Gasteiger partial charge in [-0.2, -0.15) is 0 Å². The molecule has 4 nitrogen and oxygen atoms in total. The molecule has 1 aliphatic rings. The lowest BCUT2D eigenvalue weighted by atomic mass is 10.0. The van der Waals surface area contributed by atoms with Gasteiger partial charge in [0.1, 0.15) is 0 Å². The van der Waals surface area contributed by atoms with Crippen molar-refractivity contribution in [3.8, 4) is 0 Å².